The number of fused-ring (bicyclic) bond motifs is 1. The summed E-state index contributed by atoms with van der Waals surface area (Å²) in [5, 5.41) is 14.8. The molecular formula is C30H28F3NO5S. The van der Waals surface area contributed by atoms with Gasteiger partial charge in [-0.05, 0) is 97.4 Å². The molecule has 6 nitrogen and oxygen atoms in total. The number of sulfone groups is 1. The molecule has 0 radical (unpaired) electrons. The van der Waals surface area contributed by atoms with Gasteiger partial charge in [-0.1, -0.05) is 24.6 Å². The Labute approximate surface area is 230 Å². The van der Waals surface area contributed by atoms with Gasteiger partial charge in [-0.25, -0.2) is 8.42 Å². The number of benzene rings is 4. The van der Waals surface area contributed by atoms with Crippen molar-refractivity contribution < 1.29 is 36.2 Å². The standard InChI is InChI=1S/C30H28F3NO5S/c31-30(32,33)40(36,37)26-12-4-20(5-13-26)27-14-6-21-19-23(35)7-15-28(21)29(27)39-25-10-8-24(9-11-25)38-18-16-22-3-1-2-17-34-22/h4-15,19,22,34-35H,1-3,16-18H2. The van der Waals surface area contributed by atoms with Crippen LogP contribution in [0.4, 0.5) is 13.2 Å². The molecule has 10 heteroatoms. The lowest BCUT2D eigenvalue weighted by Gasteiger charge is -2.23. The Morgan fingerprint density at radius 1 is 0.900 bits per heavy atom. The number of phenols is 1. The van der Waals surface area contributed by atoms with E-state index in [1.165, 1.54) is 31.0 Å². The zero-order valence-electron chi connectivity index (χ0n) is 21.4. The number of halogens is 3. The van der Waals surface area contributed by atoms with Crippen LogP contribution in [0.1, 0.15) is 25.7 Å². The lowest BCUT2D eigenvalue weighted by Crippen LogP contribution is -2.35. The molecule has 1 saturated heterocycles. The maximum atomic E-state index is 13.0. The fraction of sp³-hybridized carbons (Fsp3) is 0.267. The number of piperidine rings is 1. The van der Waals surface area contributed by atoms with Gasteiger partial charge >= 0.3 is 5.51 Å². The van der Waals surface area contributed by atoms with Crippen LogP contribution in [0.15, 0.2) is 83.8 Å². The van der Waals surface area contributed by atoms with Crippen molar-refractivity contribution in [3.8, 4) is 34.1 Å². The average Bonchev–Trinajstić information content (AvgIpc) is 2.94. The second-order valence-corrected chi connectivity index (χ2v) is 11.6. The number of hydrogen-bond donors (Lipinski definition) is 2. The second-order valence-electron chi connectivity index (χ2n) is 9.68. The highest BCUT2D eigenvalue weighted by Gasteiger charge is 2.46. The second kappa shape index (κ2) is 11.4. The van der Waals surface area contributed by atoms with Crippen molar-refractivity contribution in [3.63, 3.8) is 0 Å². The third-order valence-electron chi connectivity index (χ3n) is 6.93. The Kier molecular flexibility index (Phi) is 7.91. The Bertz CT molecular complexity index is 1580. The van der Waals surface area contributed by atoms with Crippen LogP contribution >= 0.6 is 0 Å². The highest BCUT2D eigenvalue weighted by Crippen LogP contribution is 2.41. The van der Waals surface area contributed by atoms with E-state index in [0.717, 1.165) is 31.5 Å². The zero-order chi connectivity index (χ0) is 28.3. The summed E-state index contributed by atoms with van der Waals surface area (Å²) in [5.74, 6) is 1.67. The minimum absolute atomic E-state index is 0.0674. The van der Waals surface area contributed by atoms with Gasteiger partial charge in [0.15, 0.2) is 0 Å². The molecule has 4 aromatic carbocycles. The maximum absolute atomic E-state index is 13.0. The van der Waals surface area contributed by atoms with E-state index in [4.69, 9.17) is 9.47 Å². The quantitative estimate of drug-likeness (QED) is 0.233. The van der Waals surface area contributed by atoms with Gasteiger partial charge in [0.05, 0.1) is 11.5 Å². The SMILES string of the molecule is O=S(=O)(c1ccc(-c2ccc3cc(O)ccc3c2Oc2ccc(OCCC3CCCCN3)cc2)cc1)C(F)(F)F. The highest BCUT2D eigenvalue weighted by molar-refractivity contribution is 7.92. The van der Waals surface area contributed by atoms with Gasteiger partial charge in [0.1, 0.15) is 23.0 Å². The molecule has 40 heavy (non-hydrogen) atoms. The molecule has 1 atom stereocenters. The number of alkyl halides is 3. The summed E-state index contributed by atoms with van der Waals surface area (Å²) >= 11 is 0. The normalized spacial score (nSPS) is 16.1. The van der Waals surface area contributed by atoms with Crippen molar-refractivity contribution in [2.75, 3.05) is 13.2 Å². The highest BCUT2D eigenvalue weighted by atomic mass is 32.2. The summed E-state index contributed by atoms with van der Waals surface area (Å²) in [7, 11) is -5.47. The van der Waals surface area contributed by atoms with Gasteiger partial charge in [-0.2, -0.15) is 13.2 Å². The monoisotopic (exact) mass is 571 g/mol. The average molecular weight is 572 g/mol. The predicted molar refractivity (Wildman–Crippen MR) is 147 cm³/mol. The van der Waals surface area contributed by atoms with Crippen molar-refractivity contribution in [1.29, 1.82) is 0 Å². The Morgan fingerprint density at radius 3 is 2.30 bits per heavy atom. The Hall–Kier alpha value is -3.76. The number of nitrogens with one attached hydrogen (secondary N) is 1. The molecule has 210 valence electrons. The van der Waals surface area contributed by atoms with Gasteiger partial charge in [0, 0.05) is 17.0 Å². The first kappa shape index (κ1) is 27.8. The van der Waals surface area contributed by atoms with E-state index in [1.54, 1.807) is 48.5 Å². The van der Waals surface area contributed by atoms with Crippen LogP contribution in [0.2, 0.25) is 0 Å². The summed E-state index contributed by atoms with van der Waals surface area (Å²) in [6.07, 6.45) is 4.52. The van der Waals surface area contributed by atoms with E-state index in [1.807, 2.05) is 0 Å². The molecular weight excluding hydrogens is 543 g/mol. The van der Waals surface area contributed by atoms with Crippen LogP contribution in [0.25, 0.3) is 21.9 Å². The third-order valence-corrected chi connectivity index (χ3v) is 8.43. The molecule has 1 unspecified atom stereocenters. The van der Waals surface area contributed by atoms with E-state index in [9.17, 15) is 26.7 Å². The van der Waals surface area contributed by atoms with Crippen molar-refractivity contribution in [1.82, 2.24) is 5.32 Å². The third kappa shape index (κ3) is 6.03. The molecule has 1 heterocycles. The summed E-state index contributed by atoms with van der Waals surface area (Å²) in [6.45, 7) is 1.64. The minimum atomic E-state index is -5.47. The molecule has 0 spiro atoms. The van der Waals surface area contributed by atoms with Crippen molar-refractivity contribution in [2.45, 2.75) is 42.1 Å². The van der Waals surface area contributed by atoms with Crippen LogP contribution in [-0.4, -0.2) is 38.2 Å². The summed E-state index contributed by atoms with van der Waals surface area (Å²) < 4.78 is 74.8. The predicted octanol–water partition coefficient (Wildman–Crippen LogP) is 7.21. The summed E-state index contributed by atoms with van der Waals surface area (Å²) in [4.78, 5) is -0.841. The lowest BCUT2D eigenvalue weighted by molar-refractivity contribution is -0.0436. The number of rotatable bonds is 8. The fourth-order valence-corrected chi connectivity index (χ4v) is 5.55. The van der Waals surface area contributed by atoms with Crippen LogP contribution in [-0.2, 0) is 9.84 Å². The van der Waals surface area contributed by atoms with Crippen LogP contribution in [0, 0.1) is 0 Å². The maximum Gasteiger partial charge on any atom is 0.501 e. The van der Waals surface area contributed by atoms with E-state index in [-0.39, 0.29) is 5.75 Å². The molecule has 2 N–H and O–H groups in total. The molecule has 5 rings (SSSR count). The molecule has 1 fully saturated rings. The van der Waals surface area contributed by atoms with Gasteiger partial charge < -0.3 is 19.9 Å². The molecule has 0 saturated carbocycles. The smallest absolute Gasteiger partial charge is 0.501 e. The van der Waals surface area contributed by atoms with Crippen LogP contribution in [0.3, 0.4) is 0 Å². The summed E-state index contributed by atoms with van der Waals surface area (Å²) in [5.41, 5.74) is -4.40. The van der Waals surface area contributed by atoms with Crippen molar-refractivity contribution in [3.05, 3.63) is 78.9 Å². The molecule has 0 bridgehead atoms. The van der Waals surface area contributed by atoms with E-state index >= 15 is 0 Å². The van der Waals surface area contributed by atoms with Gasteiger partial charge in [-0.15, -0.1) is 0 Å². The van der Waals surface area contributed by atoms with Crippen molar-refractivity contribution >= 4 is 20.6 Å². The van der Waals surface area contributed by atoms with E-state index in [2.05, 4.69) is 5.32 Å². The molecule has 1 aliphatic heterocycles. The fourth-order valence-electron chi connectivity index (χ4n) is 4.78. The topological polar surface area (TPSA) is 84.9 Å². The van der Waals surface area contributed by atoms with E-state index in [0.29, 0.717) is 51.8 Å². The lowest BCUT2D eigenvalue weighted by atomic mass is 9.99. The molecule has 1 aliphatic rings. The zero-order valence-corrected chi connectivity index (χ0v) is 22.3. The number of phenolic OH excluding ortho intramolecular Hbond substituents is 1. The first-order chi connectivity index (χ1) is 19.1. The number of ether oxygens (including phenoxy) is 2. The molecule has 4 aromatic rings. The first-order valence-electron chi connectivity index (χ1n) is 12.9. The minimum Gasteiger partial charge on any atom is -0.508 e. The van der Waals surface area contributed by atoms with Crippen LogP contribution in [0.5, 0.6) is 23.0 Å². The van der Waals surface area contributed by atoms with Crippen LogP contribution < -0.4 is 14.8 Å². The van der Waals surface area contributed by atoms with Gasteiger partial charge in [0.2, 0.25) is 0 Å². The Morgan fingerprint density at radius 2 is 1.62 bits per heavy atom. The summed E-state index contributed by atoms with van der Waals surface area (Å²) in [6, 6.07) is 20.3. The largest absolute Gasteiger partial charge is 0.508 e. The Balaban J connectivity index is 1.40. The first-order valence-corrected chi connectivity index (χ1v) is 14.4. The molecule has 0 aromatic heterocycles. The van der Waals surface area contributed by atoms with E-state index < -0.39 is 20.2 Å². The van der Waals surface area contributed by atoms with Gasteiger partial charge in [-0.3, -0.25) is 0 Å². The number of aromatic hydroxyl groups is 1. The number of hydrogen-bond acceptors (Lipinski definition) is 6. The molecule has 0 aliphatic carbocycles. The van der Waals surface area contributed by atoms with Gasteiger partial charge in [0.25, 0.3) is 9.84 Å². The molecule has 0 amide bonds. The van der Waals surface area contributed by atoms with Crippen molar-refractivity contribution in [2.24, 2.45) is 0 Å².